The number of aliphatic hydroxyl groups excluding tert-OH is 1. The van der Waals surface area contributed by atoms with Gasteiger partial charge in [-0.2, -0.15) is 0 Å². The molecule has 0 aliphatic heterocycles. The first-order valence-electron chi connectivity index (χ1n) is 7.19. The number of aliphatic hydroxyl groups is 1. The van der Waals surface area contributed by atoms with Crippen molar-refractivity contribution in [3.05, 3.63) is 42.0 Å². The standard InChI is InChI=1S/C17H19NO3/c1-17(10-19,12-7-8-12)18-16(21)14-9-6-11-4-2-3-5-13(11)15(14)20/h2-6,9,12,19-20H,7-8,10H2,1H3,(H,18,21). The maximum Gasteiger partial charge on any atom is 0.255 e. The SMILES string of the molecule is CC(CO)(NC(=O)c1ccc2ccccc2c1O)C1CC1. The van der Waals surface area contributed by atoms with E-state index in [1.54, 1.807) is 12.1 Å². The summed E-state index contributed by atoms with van der Waals surface area (Å²) in [6.07, 6.45) is 2.03. The molecule has 2 aromatic carbocycles. The van der Waals surface area contributed by atoms with Crippen molar-refractivity contribution in [3.8, 4) is 5.75 Å². The Balaban J connectivity index is 1.93. The first kappa shape index (κ1) is 13.9. The third kappa shape index (κ3) is 2.47. The number of carbonyl (C=O) groups excluding carboxylic acids is 1. The quantitative estimate of drug-likeness (QED) is 0.808. The van der Waals surface area contributed by atoms with Crippen LogP contribution in [0.2, 0.25) is 0 Å². The van der Waals surface area contributed by atoms with Gasteiger partial charge in [-0.05, 0) is 37.1 Å². The van der Waals surface area contributed by atoms with Crippen molar-refractivity contribution in [1.29, 1.82) is 0 Å². The molecular weight excluding hydrogens is 266 g/mol. The molecule has 21 heavy (non-hydrogen) atoms. The predicted octanol–water partition coefficient (Wildman–Crippen LogP) is 2.44. The Bertz CT molecular complexity index is 693. The van der Waals surface area contributed by atoms with E-state index in [9.17, 15) is 15.0 Å². The summed E-state index contributed by atoms with van der Waals surface area (Å²) in [4.78, 5) is 12.4. The molecular formula is C17H19NO3. The van der Waals surface area contributed by atoms with Gasteiger partial charge in [0, 0.05) is 5.39 Å². The number of phenolic OH excluding ortho intramolecular Hbond substituents is 1. The van der Waals surface area contributed by atoms with Crippen molar-refractivity contribution >= 4 is 16.7 Å². The molecule has 1 unspecified atom stereocenters. The van der Waals surface area contributed by atoms with Gasteiger partial charge in [0.25, 0.3) is 5.91 Å². The Morgan fingerprint density at radius 2 is 2.00 bits per heavy atom. The lowest BCUT2D eigenvalue weighted by molar-refractivity contribution is 0.0822. The van der Waals surface area contributed by atoms with Gasteiger partial charge in [-0.3, -0.25) is 4.79 Å². The smallest absolute Gasteiger partial charge is 0.255 e. The van der Waals surface area contributed by atoms with E-state index in [0.717, 1.165) is 18.2 Å². The summed E-state index contributed by atoms with van der Waals surface area (Å²) in [7, 11) is 0. The van der Waals surface area contributed by atoms with Gasteiger partial charge < -0.3 is 15.5 Å². The summed E-state index contributed by atoms with van der Waals surface area (Å²) in [5.74, 6) is -0.0440. The number of hydrogen-bond acceptors (Lipinski definition) is 3. The number of amides is 1. The molecule has 1 aliphatic rings. The van der Waals surface area contributed by atoms with Gasteiger partial charge in [-0.1, -0.05) is 30.3 Å². The van der Waals surface area contributed by atoms with Crippen LogP contribution >= 0.6 is 0 Å². The molecule has 3 N–H and O–H groups in total. The number of fused-ring (bicyclic) bond motifs is 1. The van der Waals surface area contributed by atoms with E-state index in [-0.39, 0.29) is 23.8 Å². The topological polar surface area (TPSA) is 69.6 Å². The molecule has 110 valence electrons. The minimum atomic E-state index is -0.616. The number of aromatic hydroxyl groups is 1. The molecule has 3 rings (SSSR count). The highest BCUT2D eigenvalue weighted by Gasteiger charge is 2.42. The number of phenols is 1. The van der Waals surface area contributed by atoms with E-state index >= 15 is 0 Å². The molecule has 0 aromatic heterocycles. The van der Waals surface area contributed by atoms with Crippen molar-refractivity contribution in [2.45, 2.75) is 25.3 Å². The number of rotatable bonds is 4. The minimum absolute atomic E-state index is 0.0123. The van der Waals surface area contributed by atoms with Gasteiger partial charge in [-0.15, -0.1) is 0 Å². The van der Waals surface area contributed by atoms with Crippen LogP contribution in [0.1, 0.15) is 30.1 Å². The maximum absolute atomic E-state index is 12.4. The lowest BCUT2D eigenvalue weighted by Crippen LogP contribution is -2.50. The first-order valence-corrected chi connectivity index (χ1v) is 7.19. The fraction of sp³-hybridized carbons (Fsp3) is 0.353. The van der Waals surface area contributed by atoms with Crippen LogP contribution in [0.4, 0.5) is 0 Å². The average Bonchev–Trinajstić information content (AvgIpc) is 3.32. The Morgan fingerprint density at radius 3 is 2.67 bits per heavy atom. The molecule has 4 nitrogen and oxygen atoms in total. The number of carbonyl (C=O) groups is 1. The van der Waals surface area contributed by atoms with Crippen LogP contribution in [0, 0.1) is 5.92 Å². The largest absolute Gasteiger partial charge is 0.506 e. The Kier molecular flexibility index (Phi) is 3.33. The van der Waals surface area contributed by atoms with Gasteiger partial charge in [0.05, 0.1) is 17.7 Å². The second-order valence-electron chi connectivity index (χ2n) is 5.99. The van der Waals surface area contributed by atoms with Crippen molar-refractivity contribution in [1.82, 2.24) is 5.32 Å². The van der Waals surface area contributed by atoms with E-state index in [1.807, 2.05) is 31.2 Å². The van der Waals surface area contributed by atoms with Gasteiger partial charge >= 0.3 is 0 Å². The van der Waals surface area contributed by atoms with Crippen LogP contribution in [-0.2, 0) is 0 Å². The average molecular weight is 285 g/mol. The zero-order valence-electron chi connectivity index (χ0n) is 12.0. The summed E-state index contributed by atoms with van der Waals surface area (Å²) in [6.45, 7) is 1.75. The van der Waals surface area contributed by atoms with Crippen LogP contribution in [0.5, 0.6) is 5.75 Å². The van der Waals surface area contributed by atoms with Gasteiger partial charge in [0.2, 0.25) is 0 Å². The zero-order valence-corrected chi connectivity index (χ0v) is 12.0. The summed E-state index contributed by atoms with van der Waals surface area (Å²) in [6, 6.07) is 10.8. The summed E-state index contributed by atoms with van der Waals surface area (Å²) >= 11 is 0. The van der Waals surface area contributed by atoms with Crippen molar-refractivity contribution in [2.75, 3.05) is 6.61 Å². The molecule has 2 aromatic rings. The molecule has 4 heteroatoms. The Morgan fingerprint density at radius 1 is 1.29 bits per heavy atom. The third-order valence-electron chi connectivity index (χ3n) is 4.35. The van der Waals surface area contributed by atoms with Crippen LogP contribution in [0.25, 0.3) is 10.8 Å². The number of hydrogen-bond donors (Lipinski definition) is 3. The molecule has 0 bridgehead atoms. The molecule has 1 amide bonds. The minimum Gasteiger partial charge on any atom is -0.506 e. The van der Waals surface area contributed by atoms with Crippen LogP contribution in [-0.4, -0.2) is 28.3 Å². The number of benzene rings is 2. The van der Waals surface area contributed by atoms with Crippen molar-refractivity contribution < 1.29 is 15.0 Å². The highest BCUT2D eigenvalue weighted by atomic mass is 16.3. The number of nitrogens with one attached hydrogen (secondary N) is 1. The van der Waals surface area contributed by atoms with E-state index in [4.69, 9.17) is 0 Å². The van der Waals surface area contributed by atoms with Crippen LogP contribution in [0.15, 0.2) is 36.4 Å². The summed E-state index contributed by atoms with van der Waals surface area (Å²) < 4.78 is 0. The van der Waals surface area contributed by atoms with Crippen LogP contribution in [0.3, 0.4) is 0 Å². The molecule has 0 saturated heterocycles. The van der Waals surface area contributed by atoms with E-state index in [2.05, 4.69) is 5.32 Å². The highest BCUT2D eigenvalue weighted by molar-refractivity contribution is 6.03. The molecule has 1 fully saturated rings. The van der Waals surface area contributed by atoms with Crippen LogP contribution < -0.4 is 5.32 Å². The second-order valence-corrected chi connectivity index (χ2v) is 5.99. The molecule has 1 aliphatic carbocycles. The van der Waals surface area contributed by atoms with E-state index in [0.29, 0.717) is 11.3 Å². The molecule has 0 heterocycles. The molecule has 1 saturated carbocycles. The summed E-state index contributed by atoms with van der Waals surface area (Å²) in [5.41, 5.74) is -0.371. The van der Waals surface area contributed by atoms with Crippen molar-refractivity contribution in [3.63, 3.8) is 0 Å². The monoisotopic (exact) mass is 285 g/mol. The van der Waals surface area contributed by atoms with E-state index < -0.39 is 5.54 Å². The molecule has 0 radical (unpaired) electrons. The maximum atomic E-state index is 12.4. The molecule has 1 atom stereocenters. The Labute approximate surface area is 123 Å². The lowest BCUT2D eigenvalue weighted by Gasteiger charge is -2.29. The fourth-order valence-electron chi connectivity index (χ4n) is 2.76. The van der Waals surface area contributed by atoms with Gasteiger partial charge in [-0.25, -0.2) is 0 Å². The van der Waals surface area contributed by atoms with Crippen molar-refractivity contribution in [2.24, 2.45) is 5.92 Å². The van der Waals surface area contributed by atoms with Gasteiger partial charge in [0.15, 0.2) is 0 Å². The zero-order chi connectivity index (χ0) is 15.0. The highest BCUT2D eigenvalue weighted by Crippen LogP contribution is 2.39. The predicted molar refractivity (Wildman–Crippen MR) is 81.3 cm³/mol. The molecule has 0 spiro atoms. The van der Waals surface area contributed by atoms with Gasteiger partial charge in [0.1, 0.15) is 5.75 Å². The van der Waals surface area contributed by atoms with E-state index in [1.165, 1.54) is 0 Å². The Hall–Kier alpha value is -2.07. The normalized spacial score (nSPS) is 17.4. The third-order valence-corrected chi connectivity index (χ3v) is 4.35. The fourth-order valence-corrected chi connectivity index (χ4v) is 2.76. The lowest BCUT2D eigenvalue weighted by atomic mass is 9.96. The second kappa shape index (κ2) is 5.04. The summed E-state index contributed by atoms with van der Waals surface area (Å²) in [5, 5.41) is 24.3. The first-order chi connectivity index (χ1) is 10.0.